The summed E-state index contributed by atoms with van der Waals surface area (Å²) in [5.41, 5.74) is 5.94. The zero-order chi connectivity index (χ0) is 8.72. The SMILES string of the molecule is COC(=O)C1C(N)[C@H]2CC[C@H]1C2. The first-order valence-electron chi connectivity index (χ1n) is 4.57. The maximum atomic E-state index is 11.3. The number of carbonyl (C=O) groups is 1. The summed E-state index contributed by atoms with van der Waals surface area (Å²) >= 11 is 0. The van der Waals surface area contributed by atoms with Gasteiger partial charge in [-0.1, -0.05) is 0 Å². The highest BCUT2D eigenvalue weighted by molar-refractivity contribution is 5.74. The van der Waals surface area contributed by atoms with Crippen molar-refractivity contribution in [1.82, 2.24) is 0 Å². The average Bonchev–Trinajstić information content (AvgIpc) is 2.63. The molecule has 3 nitrogen and oxygen atoms in total. The van der Waals surface area contributed by atoms with Gasteiger partial charge in [0.1, 0.15) is 0 Å². The van der Waals surface area contributed by atoms with Crippen LogP contribution < -0.4 is 5.73 Å². The third-order valence-corrected chi connectivity index (χ3v) is 3.45. The number of rotatable bonds is 1. The highest BCUT2D eigenvalue weighted by Gasteiger charge is 2.49. The number of hydrogen-bond acceptors (Lipinski definition) is 3. The van der Waals surface area contributed by atoms with Gasteiger partial charge in [-0.25, -0.2) is 0 Å². The highest BCUT2D eigenvalue weighted by Crippen LogP contribution is 2.47. The Kier molecular flexibility index (Phi) is 1.83. The maximum absolute atomic E-state index is 11.3. The number of methoxy groups -OCH3 is 1. The molecule has 12 heavy (non-hydrogen) atoms. The van der Waals surface area contributed by atoms with E-state index in [1.54, 1.807) is 0 Å². The Hall–Kier alpha value is -0.570. The van der Waals surface area contributed by atoms with Crippen molar-refractivity contribution in [3.8, 4) is 0 Å². The van der Waals surface area contributed by atoms with E-state index < -0.39 is 0 Å². The van der Waals surface area contributed by atoms with E-state index in [2.05, 4.69) is 0 Å². The number of nitrogens with two attached hydrogens (primary N) is 1. The van der Waals surface area contributed by atoms with Gasteiger partial charge in [-0.05, 0) is 31.1 Å². The van der Waals surface area contributed by atoms with Crippen LogP contribution in [0.2, 0.25) is 0 Å². The number of ether oxygens (including phenoxy) is 1. The van der Waals surface area contributed by atoms with Gasteiger partial charge in [0.25, 0.3) is 0 Å². The average molecular weight is 169 g/mol. The summed E-state index contributed by atoms with van der Waals surface area (Å²) < 4.78 is 4.74. The van der Waals surface area contributed by atoms with Crippen molar-refractivity contribution in [2.24, 2.45) is 23.5 Å². The summed E-state index contributed by atoms with van der Waals surface area (Å²) in [6, 6.07) is 0.0659. The normalized spacial score (nSPS) is 44.8. The standard InChI is InChI=1S/C9H15NO2/c1-12-9(11)7-5-2-3-6(4-5)8(7)10/h5-8H,2-4,10H2,1H3/t5-,6-,7?,8?/m0/s1. The van der Waals surface area contributed by atoms with Crippen molar-refractivity contribution in [3.05, 3.63) is 0 Å². The largest absolute Gasteiger partial charge is 0.469 e. The molecule has 0 spiro atoms. The van der Waals surface area contributed by atoms with Gasteiger partial charge in [-0.15, -0.1) is 0 Å². The van der Waals surface area contributed by atoms with Crippen molar-refractivity contribution in [2.45, 2.75) is 25.3 Å². The lowest BCUT2D eigenvalue weighted by Gasteiger charge is -2.25. The molecule has 0 radical (unpaired) electrons. The number of fused-ring (bicyclic) bond motifs is 2. The molecule has 2 saturated carbocycles. The van der Waals surface area contributed by atoms with Gasteiger partial charge in [0.2, 0.25) is 0 Å². The molecule has 4 atom stereocenters. The molecule has 3 heteroatoms. The minimum absolute atomic E-state index is 0.00579. The summed E-state index contributed by atoms with van der Waals surface area (Å²) in [5.74, 6) is 0.986. The molecular formula is C9H15NO2. The van der Waals surface area contributed by atoms with E-state index in [4.69, 9.17) is 10.5 Å². The lowest BCUT2D eigenvalue weighted by atomic mass is 9.85. The van der Waals surface area contributed by atoms with Gasteiger partial charge < -0.3 is 10.5 Å². The number of hydrogen-bond donors (Lipinski definition) is 1. The highest BCUT2D eigenvalue weighted by atomic mass is 16.5. The van der Waals surface area contributed by atoms with E-state index in [0.29, 0.717) is 11.8 Å². The van der Waals surface area contributed by atoms with Gasteiger partial charge in [0, 0.05) is 6.04 Å². The molecule has 2 fully saturated rings. The van der Waals surface area contributed by atoms with E-state index in [-0.39, 0.29) is 17.9 Å². The second-order valence-corrected chi connectivity index (χ2v) is 3.96. The van der Waals surface area contributed by atoms with Crippen LogP contribution in [0, 0.1) is 17.8 Å². The predicted molar refractivity (Wildman–Crippen MR) is 44.3 cm³/mol. The van der Waals surface area contributed by atoms with Crippen LogP contribution in [-0.2, 0) is 9.53 Å². The number of esters is 1. The summed E-state index contributed by atoms with van der Waals surface area (Å²) in [5, 5.41) is 0. The summed E-state index contributed by atoms with van der Waals surface area (Å²) in [6.45, 7) is 0. The molecule has 2 aliphatic carbocycles. The Morgan fingerprint density at radius 1 is 1.42 bits per heavy atom. The summed E-state index contributed by atoms with van der Waals surface area (Å²) in [7, 11) is 1.45. The van der Waals surface area contributed by atoms with E-state index in [9.17, 15) is 4.79 Å². The molecular weight excluding hydrogens is 154 g/mol. The molecule has 0 heterocycles. The Morgan fingerprint density at radius 2 is 2.08 bits per heavy atom. The van der Waals surface area contributed by atoms with E-state index in [1.807, 2.05) is 0 Å². The smallest absolute Gasteiger partial charge is 0.310 e. The van der Waals surface area contributed by atoms with Crippen molar-refractivity contribution in [3.63, 3.8) is 0 Å². The van der Waals surface area contributed by atoms with E-state index >= 15 is 0 Å². The summed E-state index contributed by atoms with van der Waals surface area (Å²) in [4.78, 5) is 11.3. The second kappa shape index (κ2) is 2.73. The molecule has 2 bridgehead atoms. The Morgan fingerprint density at radius 3 is 2.58 bits per heavy atom. The molecule has 0 aliphatic heterocycles. The predicted octanol–water partition coefficient (Wildman–Crippen LogP) is 0.533. The van der Waals surface area contributed by atoms with E-state index in [0.717, 1.165) is 12.8 Å². The van der Waals surface area contributed by atoms with Crippen LogP contribution in [0.3, 0.4) is 0 Å². The lowest BCUT2D eigenvalue weighted by Crippen LogP contribution is -2.40. The van der Waals surface area contributed by atoms with Crippen LogP contribution in [0.4, 0.5) is 0 Å². The molecule has 68 valence electrons. The van der Waals surface area contributed by atoms with Crippen molar-refractivity contribution in [2.75, 3.05) is 7.11 Å². The van der Waals surface area contributed by atoms with Crippen molar-refractivity contribution in [1.29, 1.82) is 0 Å². The Balaban J connectivity index is 2.12. The van der Waals surface area contributed by atoms with Crippen molar-refractivity contribution < 1.29 is 9.53 Å². The molecule has 2 N–H and O–H groups in total. The van der Waals surface area contributed by atoms with Gasteiger partial charge >= 0.3 is 5.97 Å². The van der Waals surface area contributed by atoms with Gasteiger partial charge in [0.05, 0.1) is 13.0 Å². The Labute approximate surface area is 72.3 Å². The van der Waals surface area contributed by atoms with Crippen LogP contribution in [0.15, 0.2) is 0 Å². The van der Waals surface area contributed by atoms with Crippen LogP contribution in [0.25, 0.3) is 0 Å². The first-order chi connectivity index (χ1) is 5.74. The molecule has 0 aromatic carbocycles. The molecule has 0 amide bonds. The molecule has 0 aromatic heterocycles. The zero-order valence-electron chi connectivity index (χ0n) is 7.32. The van der Waals surface area contributed by atoms with Crippen LogP contribution in [0.5, 0.6) is 0 Å². The van der Waals surface area contributed by atoms with Crippen LogP contribution in [0.1, 0.15) is 19.3 Å². The quantitative estimate of drug-likeness (QED) is 0.583. The molecule has 0 aromatic rings. The third kappa shape index (κ3) is 0.959. The van der Waals surface area contributed by atoms with Crippen LogP contribution in [-0.4, -0.2) is 19.1 Å². The van der Waals surface area contributed by atoms with Gasteiger partial charge in [-0.2, -0.15) is 0 Å². The fourth-order valence-corrected chi connectivity index (χ4v) is 2.82. The second-order valence-electron chi connectivity index (χ2n) is 3.96. The molecule has 0 saturated heterocycles. The van der Waals surface area contributed by atoms with Crippen LogP contribution >= 0.6 is 0 Å². The van der Waals surface area contributed by atoms with E-state index in [1.165, 1.54) is 13.5 Å². The fraction of sp³-hybridized carbons (Fsp3) is 0.889. The minimum Gasteiger partial charge on any atom is -0.469 e. The maximum Gasteiger partial charge on any atom is 0.310 e. The number of carbonyl (C=O) groups excluding carboxylic acids is 1. The minimum atomic E-state index is -0.102. The monoisotopic (exact) mass is 169 g/mol. The Bertz CT molecular complexity index is 203. The van der Waals surface area contributed by atoms with Gasteiger partial charge in [-0.3, -0.25) is 4.79 Å². The van der Waals surface area contributed by atoms with Gasteiger partial charge in [0.15, 0.2) is 0 Å². The molecule has 2 unspecified atom stereocenters. The summed E-state index contributed by atoms with van der Waals surface area (Å²) in [6.07, 6.45) is 3.51. The molecule has 2 aliphatic rings. The van der Waals surface area contributed by atoms with Crippen molar-refractivity contribution >= 4 is 5.97 Å². The topological polar surface area (TPSA) is 52.3 Å². The fourth-order valence-electron chi connectivity index (χ4n) is 2.82. The third-order valence-electron chi connectivity index (χ3n) is 3.45. The first-order valence-corrected chi connectivity index (χ1v) is 4.57. The molecule has 2 rings (SSSR count). The first kappa shape index (κ1) is 8.05. The zero-order valence-corrected chi connectivity index (χ0v) is 7.32. The lowest BCUT2D eigenvalue weighted by molar-refractivity contribution is -0.147.